The highest BCUT2D eigenvalue weighted by molar-refractivity contribution is 5.93. The van der Waals surface area contributed by atoms with E-state index in [9.17, 15) is 9.90 Å². The Morgan fingerprint density at radius 1 is 1.25 bits per heavy atom. The Kier molecular flexibility index (Phi) is 3.14. The van der Waals surface area contributed by atoms with E-state index in [1.807, 2.05) is 31.2 Å². The number of aliphatic hydroxyl groups is 1. The maximum absolute atomic E-state index is 12.4. The Labute approximate surface area is 117 Å². The molecule has 1 aromatic carbocycles. The van der Waals surface area contributed by atoms with E-state index in [0.717, 1.165) is 11.0 Å². The van der Waals surface area contributed by atoms with Gasteiger partial charge in [0.1, 0.15) is 5.69 Å². The van der Waals surface area contributed by atoms with E-state index in [-0.39, 0.29) is 5.91 Å². The van der Waals surface area contributed by atoms with Crippen LogP contribution in [-0.2, 0) is 0 Å². The van der Waals surface area contributed by atoms with Gasteiger partial charge >= 0.3 is 0 Å². The van der Waals surface area contributed by atoms with Crippen molar-refractivity contribution >= 4 is 16.9 Å². The van der Waals surface area contributed by atoms with Crippen LogP contribution < -0.4 is 0 Å². The van der Waals surface area contributed by atoms with Crippen molar-refractivity contribution < 1.29 is 9.90 Å². The Bertz CT molecular complexity index is 644. The van der Waals surface area contributed by atoms with E-state index in [0.29, 0.717) is 31.6 Å². The molecule has 5 heteroatoms. The molecular formula is C15H17N3O2. The first-order chi connectivity index (χ1) is 9.55. The summed E-state index contributed by atoms with van der Waals surface area (Å²) in [5, 5.41) is 9.92. The molecule has 1 aliphatic rings. The van der Waals surface area contributed by atoms with Crippen LogP contribution in [0.15, 0.2) is 30.5 Å². The highest BCUT2D eigenvalue weighted by Gasteiger charge is 2.30. The van der Waals surface area contributed by atoms with Gasteiger partial charge in [-0.1, -0.05) is 12.1 Å². The number of hydrogen-bond donors (Lipinski definition) is 1. The summed E-state index contributed by atoms with van der Waals surface area (Å²) in [7, 11) is 0. The number of fused-ring (bicyclic) bond motifs is 1. The molecule has 1 aromatic heterocycles. The topological polar surface area (TPSA) is 66.3 Å². The fourth-order valence-corrected chi connectivity index (χ4v) is 2.41. The lowest BCUT2D eigenvalue weighted by atomic mass is 9.94. The number of rotatable bonds is 1. The minimum absolute atomic E-state index is 0.112. The number of piperidine rings is 1. The minimum atomic E-state index is -0.661. The Hall–Kier alpha value is -2.01. The predicted molar refractivity (Wildman–Crippen MR) is 75.3 cm³/mol. The third kappa shape index (κ3) is 2.49. The number of nitrogens with zero attached hydrogens (tertiary/aromatic N) is 3. The summed E-state index contributed by atoms with van der Waals surface area (Å²) in [5.41, 5.74) is 1.21. The number of carbonyl (C=O) groups excluding carboxylic acids is 1. The zero-order valence-electron chi connectivity index (χ0n) is 11.4. The molecule has 0 unspecified atom stereocenters. The molecule has 1 N–H and O–H groups in total. The summed E-state index contributed by atoms with van der Waals surface area (Å²) < 4.78 is 0. The number of carbonyl (C=O) groups is 1. The second kappa shape index (κ2) is 4.83. The van der Waals surface area contributed by atoms with E-state index in [2.05, 4.69) is 9.97 Å². The van der Waals surface area contributed by atoms with Gasteiger partial charge in [0, 0.05) is 13.1 Å². The lowest BCUT2D eigenvalue weighted by molar-refractivity contribution is -0.00219. The highest BCUT2D eigenvalue weighted by atomic mass is 16.3. The van der Waals surface area contributed by atoms with E-state index in [4.69, 9.17) is 0 Å². The van der Waals surface area contributed by atoms with Crippen LogP contribution in [0.1, 0.15) is 30.3 Å². The van der Waals surface area contributed by atoms with Crippen LogP contribution in [-0.4, -0.2) is 44.6 Å². The largest absolute Gasteiger partial charge is 0.390 e. The zero-order chi connectivity index (χ0) is 14.2. The van der Waals surface area contributed by atoms with Crippen molar-refractivity contribution in [3.8, 4) is 0 Å². The van der Waals surface area contributed by atoms with Gasteiger partial charge in [-0.05, 0) is 31.9 Å². The SMILES string of the molecule is CC1(O)CCN(C(=O)c2cnc3ccccc3n2)CC1. The molecule has 1 fully saturated rings. The number of para-hydroxylation sites is 2. The first kappa shape index (κ1) is 13.0. The molecule has 0 saturated carbocycles. The molecule has 0 spiro atoms. The predicted octanol–water partition coefficient (Wildman–Crippen LogP) is 1.62. The monoisotopic (exact) mass is 271 g/mol. The van der Waals surface area contributed by atoms with Crippen molar-refractivity contribution in [3.63, 3.8) is 0 Å². The van der Waals surface area contributed by atoms with Crippen LogP contribution in [0, 0.1) is 0 Å². The number of benzene rings is 1. The van der Waals surface area contributed by atoms with Crippen molar-refractivity contribution in [2.24, 2.45) is 0 Å². The van der Waals surface area contributed by atoms with Gasteiger partial charge in [0.05, 0.1) is 22.8 Å². The average Bonchev–Trinajstić information content (AvgIpc) is 2.46. The summed E-state index contributed by atoms with van der Waals surface area (Å²) >= 11 is 0. The smallest absolute Gasteiger partial charge is 0.274 e. The molecule has 5 nitrogen and oxygen atoms in total. The summed E-state index contributed by atoms with van der Waals surface area (Å²) in [6.07, 6.45) is 2.72. The van der Waals surface area contributed by atoms with Gasteiger partial charge in [-0.25, -0.2) is 4.98 Å². The molecule has 0 bridgehead atoms. The maximum Gasteiger partial charge on any atom is 0.274 e. The molecule has 2 heterocycles. The van der Waals surface area contributed by atoms with Crippen molar-refractivity contribution in [1.82, 2.24) is 14.9 Å². The normalized spacial score (nSPS) is 18.2. The van der Waals surface area contributed by atoms with Crippen molar-refractivity contribution in [1.29, 1.82) is 0 Å². The third-order valence-corrected chi connectivity index (χ3v) is 3.80. The van der Waals surface area contributed by atoms with Crippen LogP contribution >= 0.6 is 0 Å². The first-order valence-corrected chi connectivity index (χ1v) is 6.79. The molecule has 1 amide bonds. The average molecular weight is 271 g/mol. The van der Waals surface area contributed by atoms with Gasteiger partial charge in [-0.15, -0.1) is 0 Å². The first-order valence-electron chi connectivity index (χ1n) is 6.79. The van der Waals surface area contributed by atoms with Gasteiger partial charge < -0.3 is 10.0 Å². The molecule has 1 aliphatic heterocycles. The number of likely N-dealkylation sites (tertiary alicyclic amines) is 1. The molecule has 0 atom stereocenters. The number of aromatic nitrogens is 2. The van der Waals surface area contributed by atoms with Crippen LogP contribution in [0.25, 0.3) is 11.0 Å². The van der Waals surface area contributed by atoms with Gasteiger partial charge in [0.2, 0.25) is 0 Å². The molecule has 1 saturated heterocycles. The van der Waals surface area contributed by atoms with Gasteiger partial charge in [0.15, 0.2) is 0 Å². The van der Waals surface area contributed by atoms with Crippen molar-refractivity contribution in [2.45, 2.75) is 25.4 Å². The van der Waals surface area contributed by atoms with Gasteiger partial charge in [-0.3, -0.25) is 9.78 Å². The van der Waals surface area contributed by atoms with E-state index < -0.39 is 5.60 Å². The molecule has 104 valence electrons. The Morgan fingerprint density at radius 2 is 1.90 bits per heavy atom. The molecule has 3 rings (SSSR count). The van der Waals surface area contributed by atoms with Gasteiger partial charge in [-0.2, -0.15) is 0 Å². The third-order valence-electron chi connectivity index (χ3n) is 3.80. The van der Waals surface area contributed by atoms with Crippen LogP contribution in [0.3, 0.4) is 0 Å². The Balaban J connectivity index is 1.82. The molecular weight excluding hydrogens is 254 g/mol. The molecule has 2 aromatic rings. The van der Waals surface area contributed by atoms with Gasteiger partial charge in [0.25, 0.3) is 5.91 Å². The number of amides is 1. The fraction of sp³-hybridized carbons (Fsp3) is 0.400. The summed E-state index contributed by atoms with van der Waals surface area (Å²) in [5.74, 6) is -0.112. The minimum Gasteiger partial charge on any atom is -0.390 e. The Morgan fingerprint density at radius 3 is 2.60 bits per heavy atom. The van der Waals surface area contributed by atoms with Crippen LogP contribution in [0.2, 0.25) is 0 Å². The maximum atomic E-state index is 12.4. The lowest BCUT2D eigenvalue weighted by Gasteiger charge is -2.35. The molecule has 0 aliphatic carbocycles. The molecule has 0 radical (unpaired) electrons. The summed E-state index contributed by atoms with van der Waals surface area (Å²) in [4.78, 5) is 22.8. The fourth-order valence-electron chi connectivity index (χ4n) is 2.41. The van der Waals surface area contributed by atoms with E-state index in [1.165, 1.54) is 6.20 Å². The second-order valence-electron chi connectivity index (χ2n) is 5.53. The summed E-state index contributed by atoms with van der Waals surface area (Å²) in [6.45, 7) is 2.92. The zero-order valence-corrected chi connectivity index (χ0v) is 11.4. The van der Waals surface area contributed by atoms with Crippen LogP contribution in [0.5, 0.6) is 0 Å². The number of hydrogen-bond acceptors (Lipinski definition) is 4. The van der Waals surface area contributed by atoms with Crippen molar-refractivity contribution in [2.75, 3.05) is 13.1 Å². The summed E-state index contributed by atoms with van der Waals surface area (Å²) in [6, 6.07) is 7.49. The van der Waals surface area contributed by atoms with E-state index in [1.54, 1.807) is 4.90 Å². The quantitative estimate of drug-likeness (QED) is 0.856. The standard InChI is InChI=1S/C15H17N3O2/c1-15(20)6-8-18(9-7-15)14(19)13-10-16-11-4-2-3-5-12(11)17-13/h2-5,10,20H,6-9H2,1H3. The second-order valence-corrected chi connectivity index (χ2v) is 5.53. The van der Waals surface area contributed by atoms with Crippen molar-refractivity contribution in [3.05, 3.63) is 36.2 Å². The lowest BCUT2D eigenvalue weighted by Crippen LogP contribution is -2.45. The van der Waals surface area contributed by atoms with Crippen LogP contribution in [0.4, 0.5) is 0 Å². The highest BCUT2D eigenvalue weighted by Crippen LogP contribution is 2.22. The van der Waals surface area contributed by atoms with E-state index >= 15 is 0 Å². The molecule has 20 heavy (non-hydrogen) atoms.